The second kappa shape index (κ2) is 4.99. The highest BCUT2D eigenvalue weighted by molar-refractivity contribution is 5.72. The van der Waals surface area contributed by atoms with Crippen LogP contribution in [0.1, 0.15) is 43.4 Å². The van der Waals surface area contributed by atoms with Gasteiger partial charge in [-0.05, 0) is 37.8 Å². The van der Waals surface area contributed by atoms with Gasteiger partial charge in [-0.1, -0.05) is 13.8 Å². The Morgan fingerprint density at radius 3 is 2.64 bits per heavy atom. The fraction of sp³-hybridized carbons (Fsp3) is 0.583. The van der Waals surface area contributed by atoms with Crippen LogP contribution in [0.15, 0.2) is 12.1 Å². The molecule has 0 aromatic carbocycles. The largest absolute Gasteiger partial charge is 0.343 e. The zero-order valence-electron chi connectivity index (χ0n) is 9.29. The minimum Gasteiger partial charge on any atom is -0.343 e. The Balaban J connectivity index is 2.76. The van der Waals surface area contributed by atoms with E-state index in [1.165, 1.54) is 12.1 Å². The van der Waals surface area contributed by atoms with E-state index in [-0.39, 0.29) is 0 Å². The van der Waals surface area contributed by atoms with Crippen molar-refractivity contribution in [1.29, 1.82) is 0 Å². The maximum absolute atomic E-state index is 10.7. The lowest BCUT2D eigenvalue weighted by Crippen LogP contribution is -2.05. The average Bonchev–Trinajstić information content (AvgIpc) is 2.56. The molecule has 2 nitrogen and oxygen atoms in total. The molecule has 0 saturated heterocycles. The Morgan fingerprint density at radius 2 is 2.14 bits per heavy atom. The standard InChI is InChI=1S/C12H19NO/c1-4-13-11(6-5-10(2)3)7-8-12(13)9-14/h7-10H,4-6H2,1-3H3. The molecule has 1 aromatic heterocycles. The molecule has 0 saturated carbocycles. The first-order valence-electron chi connectivity index (χ1n) is 5.32. The molecule has 0 unspecified atom stereocenters. The van der Waals surface area contributed by atoms with Crippen molar-refractivity contribution in [3.8, 4) is 0 Å². The van der Waals surface area contributed by atoms with Gasteiger partial charge in [0.1, 0.15) is 0 Å². The maximum Gasteiger partial charge on any atom is 0.166 e. The van der Waals surface area contributed by atoms with E-state index < -0.39 is 0 Å². The van der Waals surface area contributed by atoms with Crippen LogP contribution in [0.4, 0.5) is 0 Å². The van der Waals surface area contributed by atoms with E-state index in [0.717, 1.165) is 30.9 Å². The summed E-state index contributed by atoms with van der Waals surface area (Å²) in [5.74, 6) is 0.717. The van der Waals surface area contributed by atoms with E-state index in [1.54, 1.807) is 0 Å². The van der Waals surface area contributed by atoms with Crippen molar-refractivity contribution in [2.45, 2.75) is 40.2 Å². The fourth-order valence-electron chi connectivity index (χ4n) is 1.67. The monoisotopic (exact) mass is 193 g/mol. The van der Waals surface area contributed by atoms with Gasteiger partial charge in [-0.15, -0.1) is 0 Å². The molecule has 0 aliphatic rings. The number of rotatable bonds is 5. The van der Waals surface area contributed by atoms with Crippen LogP contribution in [-0.2, 0) is 13.0 Å². The van der Waals surface area contributed by atoms with Crippen molar-refractivity contribution in [3.05, 3.63) is 23.5 Å². The Labute approximate surface area is 85.9 Å². The molecule has 1 rings (SSSR count). The molecule has 2 heteroatoms. The van der Waals surface area contributed by atoms with Crippen LogP contribution in [0, 0.1) is 5.92 Å². The number of carbonyl (C=O) groups excluding carboxylic acids is 1. The first kappa shape index (κ1) is 11.0. The summed E-state index contributed by atoms with van der Waals surface area (Å²) in [6.45, 7) is 7.40. The summed E-state index contributed by atoms with van der Waals surface area (Å²) in [5, 5.41) is 0. The van der Waals surface area contributed by atoms with Crippen molar-refractivity contribution >= 4 is 6.29 Å². The van der Waals surface area contributed by atoms with Gasteiger partial charge >= 0.3 is 0 Å². The van der Waals surface area contributed by atoms with Crippen LogP contribution in [0.25, 0.3) is 0 Å². The molecule has 14 heavy (non-hydrogen) atoms. The van der Waals surface area contributed by atoms with Crippen molar-refractivity contribution in [2.75, 3.05) is 0 Å². The molecule has 0 aliphatic heterocycles. The van der Waals surface area contributed by atoms with Gasteiger partial charge in [0, 0.05) is 12.2 Å². The number of aryl methyl sites for hydroxylation is 1. The van der Waals surface area contributed by atoms with Gasteiger partial charge in [0.15, 0.2) is 6.29 Å². The van der Waals surface area contributed by atoms with Gasteiger partial charge < -0.3 is 4.57 Å². The van der Waals surface area contributed by atoms with E-state index in [2.05, 4.69) is 31.4 Å². The van der Waals surface area contributed by atoms with Crippen LogP contribution >= 0.6 is 0 Å². The molecule has 0 amide bonds. The van der Waals surface area contributed by atoms with Crippen molar-refractivity contribution < 1.29 is 4.79 Å². The van der Waals surface area contributed by atoms with E-state index in [9.17, 15) is 4.79 Å². The molecule has 1 heterocycles. The summed E-state index contributed by atoms with van der Waals surface area (Å²) in [4.78, 5) is 10.7. The Morgan fingerprint density at radius 1 is 1.43 bits per heavy atom. The maximum atomic E-state index is 10.7. The van der Waals surface area contributed by atoms with Crippen LogP contribution < -0.4 is 0 Å². The number of aromatic nitrogens is 1. The smallest absolute Gasteiger partial charge is 0.166 e. The zero-order chi connectivity index (χ0) is 10.6. The Bertz CT molecular complexity index is 299. The van der Waals surface area contributed by atoms with Crippen molar-refractivity contribution in [2.24, 2.45) is 5.92 Å². The van der Waals surface area contributed by atoms with E-state index in [4.69, 9.17) is 0 Å². The van der Waals surface area contributed by atoms with Gasteiger partial charge in [-0.25, -0.2) is 0 Å². The molecule has 0 N–H and O–H groups in total. The fourth-order valence-corrected chi connectivity index (χ4v) is 1.67. The second-order valence-corrected chi connectivity index (χ2v) is 4.04. The lowest BCUT2D eigenvalue weighted by Gasteiger charge is -2.09. The molecular formula is C12H19NO. The van der Waals surface area contributed by atoms with Crippen LogP contribution in [0.5, 0.6) is 0 Å². The summed E-state index contributed by atoms with van der Waals surface area (Å²) in [6.07, 6.45) is 3.18. The third-order valence-corrected chi connectivity index (χ3v) is 2.52. The minimum absolute atomic E-state index is 0.717. The first-order chi connectivity index (χ1) is 6.69. The molecule has 0 spiro atoms. The topological polar surface area (TPSA) is 22.0 Å². The first-order valence-corrected chi connectivity index (χ1v) is 5.32. The molecule has 1 aromatic rings. The average molecular weight is 193 g/mol. The third kappa shape index (κ3) is 2.47. The molecule has 0 aliphatic carbocycles. The van der Waals surface area contributed by atoms with Crippen LogP contribution in [0.2, 0.25) is 0 Å². The summed E-state index contributed by atoms with van der Waals surface area (Å²) < 4.78 is 2.09. The second-order valence-electron chi connectivity index (χ2n) is 4.04. The lowest BCUT2D eigenvalue weighted by atomic mass is 10.1. The summed E-state index contributed by atoms with van der Waals surface area (Å²) in [5.41, 5.74) is 2.08. The highest BCUT2D eigenvalue weighted by Crippen LogP contribution is 2.12. The van der Waals surface area contributed by atoms with E-state index in [1.807, 2.05) is 6.07 Å². The summed E-state index contributed by atoms with van der Waals surface area (Å²) >= 11 is 0. The highest BCUT2D eigenvalue weighted by atomic mass is 16.1. The third-order valence-electron chi connectivity index (χ3n) is 2.52. The van der Waals surface area contributed by atoms with Crippen molar-refractivity contribution in [1.82, 2.24) is 4.57 Å². The Kier molecular flexibility index (Phi) is 3.93. The number of hydrogen-bond donors (Lipinski definition) is 0. The number of hydrogen-bond acceptors (Lipinski definition) is 1. The quantitative estimate of drug-likeness (QED) is 0.659. The minimum atomic E-state index is 0.717. The highest BCUT2D eigenvalue weighted by Gasteiger charge is 2.06. The lowest BCUT2D eigenvalue weighted by molar-refractivity contribution is 0.111. The summed E-state index contributed by atoms with van der Waals surface area (Å²) in [7, 11) is 0. The van der Waals surface area contributed by atoms with Gasteiger partial charge in [-0.2, -0.15) is 0 Å². The predicted octanol–water partition coefficient (Wildman–Crippen LogP) is 2.91. The molecule has 0 radical (unpaired) electrons. The van der Waals surface area contributed by atoms with Gasteiger partial charge in [-0.3, -0.25) is 4.79 Å². The van der Waals surface area contributed by atoms with Gasteiger partial charge in [0.25, 0.3) is 0 Å². The number of nitrogens with zero attached hydrogens (tertiary/aromatic N) is 1. The molecular weight excluding hydrogens is 174 g/mol. The number of carbonyl (C=O) groups is 1. The van der Waals surface area contributed by atoms with Crippen LogP contribution in [-0.4, -0.2) is 10.9 Å². The summed E-state index contributed by atoms with van der Waals surface area (Å²) in [6, 6.07) is 3.97. The van der Waals surface area contributed by atoms with Crippen LogP contribution in [0.3, 0.4) is 0 Å². The normalized spacial score (nSPS) is 10.9. The van der Waals surface area contributed by atoms with E-state index in [0.29, 0.717) is 0 Å². The Hall–Kier alpha value is -1.05. The van der Waals surface area contributed by atoms with E-state index >= 15 is 0 Å². The molecule has 0 bridgehead atoms. The molecule has 0 fully saturated rings. The predicted molar refractivity (Wildman–Crippen MR) is 58.7 cm³/mol. The zero-order valence-corrected chi connectivity index (χ0v) is 9.29. The SMILES string of the molecule is CCn1c(C=O)ccc1CCC(C)C. The molecule has 0 atom stereocenters. The van der Waals surface area contributed by atoms with Gasteiger partial charge in [0.05, 0.1) is 5.69 Å². The van der Waals surface area contributed by atoms with Gasteiger partial charge in [0.2, 0.25) is 0 Å². The molecule has 78 valence electrons. The number of aldehydes is 1. The van der Waals surface area contributed by atoms with Crippen molar-refractivity contribution in [3.63, 3.8) is 0 Å².